The summed E-state index contributed by atoms with van der Waals surface area (Å²) in [6, 6.07) is 12.5. The van der Waals surface area contributed by atoms with Crippen LogP contribution in [0.2, 0.25) is 0 Å². The van der Waals surface area contributed by atoms with Gasteiger partial charge in [0.15, 0.2) is 0 Å². The zero-order chi connectivity index (χ0) is 14.7. The number of nitrogens with zero attached hydrogens (tertiary/aromatic N) is 2. The molecule has 1 aliphatic rings. The number of ether oxygens (including phenoxy) is 1. The minimum absolute atomic E-state index is 0.160. The second kappa shape index (κ2) is 6.12. The molecule has 0 spiro atoms. The van der Waals surface area contributed by atoms with Crippen molar-refractivity contribution in [3.8, 4) is 0 Å². The standard InChI is InChI=1S/C17H19ClN2O/c1-13-11-15(12-18)20-16(19-13)17(7-9-21-10-8-17)14-5-3-2-4-6-14/h2-6,11H,7-10,12H2,1H3. The Morgan fingerprint density at radius 1 is 1.14 bits per heavy atom. The number of alkyl halides is 1. The largest absolute Gasteiger partial charge is 0.381 e. The summed E-state index contributed by atoms with van der Waals surface area (Å²) in [5.41, 5.74) is 2.96. The maximum absolute atomic E-state index is 5.99. The fourth-order valence-electron chi connectivity index (χ4n) is 3.03. The summed E-state index contributed by atoms with van der Waals surface area (Å²) in [6.07, 6.45) is 1.81. The molecule has 0 amide bonds. The molecule has 0 unspecified atom stereocenters. The Bertz CT molecular complexity index is 609. The van der Waals surface area contributed by atoms with Gasteiger partial charge < -0.3 is 4.74 Å². The van der Waals surface area contributed by atoms with Crippen LogP contribution >= 0.6 is 11.6 Å². The van der Waals surface area contributed by atoms with E-state index in [1.807, 2.05) is 19.1 Å². The first kappa shape index (κ1) is 14.5. The molecule has 1 aromatic carbocycles. The van der Waals surface area contributed by atoms with Gasteiger partial charge in [0.1, 0.15) is 5.82 Å². The summed E-state index contributed by atoms with van der Waals surface area (Å²) in [4.78, 5) is 9.45. The number of halogens is 1. The highest BCUT2D eigenvalue weighted by atomic mass is 35.5. The summed E-state index contributed by atoms with van der Waals surface area (Å²) in [5, 5.41) is 0. The number of rotatable bonds is 3. The fraction of sp³-hybridized carbons (Fsp3) is 0.412. The average molecular weight is 303 g/mol. The second-order valence-electron chi connectivity index (χ2n) is 5.52. The van der Waals surface area contributed by atoms with Crippen LogP contribution in [-0.2, 0) is 16.0 Å². The van der Waals surface area contributed by atoms with Crippen LogP contribution in [0.15, 0.2) is 36.4 Å². The van der Waals surface area contributed by atoms with Gasteiger partial charge in [-0.05, 0) is 31.4 Å². The van der Waals surface area contributed by atoms with E-state index < -0.39 is 0 Å². The van der Waals surface area contributed by atoms with E-state index in [0.717, 1.165) is 43.3 Å². The normalized spacial score (nSPS) is 17.6. The van der Waals surface area contributed by atoms with Crippen LogP contribution in [0.3, 0.4) is 0 Å². The molecule has 1 fully saturated rings. The van der Waals surface area contributed by atoms with Crippen LogP contribution in [0.4, 0.5) is 0 Å². The van der Waals surface area contributed by atoms with E-state index in [-0.39, 0.29) is 5.41 Å². The Balaban J connectivity index is 2.14. The van der Waals surface area contributed by atoms with Gasteiger partial charge in [0.05, 0.1) is 17.0 Å². The number of benzene rings is 1. The lowest BCUT2D eigenvalue weighted by molar-refractivity contribution is 0.0603. The topological polar surface area (TPSA) is 35.0 Å². The molecule has 3 rings (SSSR count). The lowest BCUT2D eigenvalue weighted by Crippen LogP contribution is -2.37. The molecule has 0 saturated carbocycles. The average Bonchev–Trinajstić information content (AvgIpc) is 2.55. The van der Waals surface area contributed by atoms with Crippen molar-refractivity contribution in [2.75, 3.05) is 13.2 Å². The molecule has 21 heavy (non-hydrogen) atoms. The predicted molar refractivity (Wildman–Crippen MR) is 83.6 cm³/mol. The SMILES string of the molecule is Cc1cc(CCl)nc(C2(c3ccccc3)CCOCC2)n1. The molecule has 110 valence electrons. The van der Waals surface area contributed by atoms with Gasteiger partial charge in [0, 0.05) is 18.9 Å². The number of aryl methyl sites for hydroxylation is 1. The van der Waals surface area contributed by atoms with Crippen LogP contribution in [-0.4, -0.2) is 23.2 Å². The molecule has 0 atom stereocenters. The smallest absolute Gasteiger partial charge is 0.139 e. The summed E-state index contributed by atoms with van der Waals surface area (Å²) >= 11 is 5.99. The van der Waals surface area contributed by atoms with Gasteiger partial charge in [-0.2, -0.15) is 0 Å². The van der Waals surface area contributed by atoms with Crippen molar-refractivity contribution in [2.24, 2.45) is 0 Å². The number of hydrogen-bond acceptors (Lipinski definition) is 3. The van der Waals surface area contributed by atoms with E-state index >= 15 is 0 Å². The van der Waals surface area contributed by atoms with Crippen molar-refractivity contribution < 1.29 is 4.74 Å². The van der Waals surface area contributed by atoms with E-state index in [4.69, 9.17) is 26.3 Å². The molecule has 1 aromatic heterocycles. The van der Waals surface area contributed by atoms with Crippen molar-refractivity contribution >= 4 is 11.6 Å². The third-order valence-corrected chi connectivity index (χ3v) is 4.42. The first-order valence-electron chi connectivity index (χ1n) is 7.29. The highest BCUT2D eigenvalue weighted by Gasteiger charge is 2.39. The van der Waals surface area contributed by atoms with Crippen molar-refractivity contribution in [1.82, 2.24) is 9.97 Å². The lowest BCUT2D eigenvalue weighted by atomic mass is 9.73. The van der Waals surface area contributed by atoms with Gasteiger partial charge in [0.25, 0.3) is 0 Å². The second-order valence-corrected chi connectivity index (χ2v) is 5.79. The Morgan fingerprint density at radius 2 is 1.86 bits per heavy atom. The Kier molecular flexibility index (Phi) is 4.22. The van der Waals surface area contributed by atoms with E-state index in [2.05, 4.69) is 24.3 Å². The molecule has 0 bridgehead atoms. The van der Waals surface area contributed by atoms with Gasteiger partial charge in [-0.3, -0.25) is 0 Å². The van der Waals surface area contributed by atoms with E-state index in [9.17, 15) is 0 Å². The molecule has 2 aromatic rings. The molecule has 0 radical (unpaired) electrons. The maximum atomic E-state index is 5.99. The van der Waals surface area contributed by atoms with Crippen LogP contribution < -0.4 is 0 Å². The number of hydrogen-bond donors (Lipinski definition) is 0. The Morgan fingerprint density at radius 3 is 2.52 bits per heavy atom. The summed E-state index contributed by atoms with van der Waals surface area (Å²) in [5.74, 6) is 1.30. The predicted octanol–water partition coefficient (Wildman–Crippen LogP) is 3.62. The van der Waals surface area contributed by atoms with Gasteiger partial charge in [-0.25, -0.2) is 9.97 Å². The lowest BCUT2D eigenvalue weighted by Gasteiger charge is -2.36. The van der Waals surface area contributed by atoms with Crippen LogP contribution in [0.25, 0.3) is 0 Å². The highest BCUT2D eigenvalue weighted by molar-refractivity contribution is 6.16. The van der Waals surface area contributed by atoms with E-state index in [1.165, 1.54) is 5.56 Å². The molecule has 0 N–H and O–H groups in total. The molecular weight excluding hydrogens is 284 g/mol. The Labute approximate surface area is 130 Å². The first-order chi connectivity index (χ1) is 10.2. The molecule has 4 heteroatoms. The van der Waals surface area contributed by atoms with Crippen molar-refractivity contribution in [3.63, 3.8) is 0 Å². The van der Waals surface area contributed by atoms with Crippen molar-refractivity contribution in [3.05, 3.63) is 59.2 Å². The zero-order valence-corrected chi connectivity index (χ0v) is 12.9. The van der Waals surface area contributed by atoms with E-state index in [0.29, 0.717) is 5.88 Å². The van der Waals surface area contributed by atoms with Gasteiger partial charge in [0.2, 0.25) is 0 Å². The van der Waals surface area contributed by atoms with Gasteiger partial charge in [-0.1, -0.05) is 30.3 Å². The highest BCUT2D eigenvalue weighted by Crippen LogP contribution is 2.39. The van der Waals surface area contributed by atoms with Crippen molar-refractivity contribution in [2.45, 2.75) is 31.1 Å². The third-order valence-electron chi connectivity index (χ3n) is 4.14. The Hall–Kier alpha value is -1.45. The monoisotopic (exact) mass is 302 g/mol. The minimum atomic E-state index is -0.160. The molecule has 0 aliphatic carbocycles. The molecule has 1 aliphatic heterocycles. The van der Waals surface area contributed by atoms with Crippen LogP contribution in [0, 0.1) is 6.92 Å². The van der Waals surface area contributed by atoms with Gasteiger partial charge >= 0.3 is 0 Å². The summed E-state index contributed by atoms with van der Waals surface area (Å²) in [7, 11) is 0. The molecule has 2 heterocycles. The third kappa shape index (κ3) is 2.81. The quantitative estimate of drug-likeness (QED) is 0.812. The summed E-state index contributed by atoms with van der Waals surface area (Å²) < 4.78 is 5.57. The summed E-state index contributed by atoms with van der Waals surface area (Å²) in [6.45, 7) is 3.48. The minimum Gasteiger partial charge on any atom is -0.381 e. The first-order valence-corrected chi connectivity index (χ1v) is 7.82. The van der Waals surface area contributed by atoms with E-state index in [1.54, 1.807) is 0 Å². The van der Waals surface area contributed by atoms with Crippen LogP contribution in [0.1, 0.15) is 35.6 Å². The van der Waals surface area contributed by atoms with Crippen LogP contribution in [0.5, 0.6) is 0 Å². The molecule has 1 saturated heterocycles. The van der Waals surface area contributed by atoms with Crippen molar-refractivity contribution in [1.29, 1.82) is 0 Å². The number of aromatic nitrogens is 2. The molecular formula is C17H19ClN2O. The maximum Gasteiger partial charge on any atom is 0.139 e. The molecule has 3 nitrogen and oxygen atoms in total. The zero-order valence-electron chi connectivity index (χ0n) is 12.2. The fourth-order valence-corrected chi connectivity index (χ4v) is 3.17. The van der Waals surface area contributed by atoms with Gasteiger partial charge in [-0.15, -0.1) is 11.6 Å².